The first-order chi connectivity index (χ1) is 9.86. The molecule has 0 radical (unpaired) electrons. The van der Waals surface area contributed by atoms with Crippen LogP contribution in [0.15, 0.2) is 60.7 Å². The first-order valence-corrected chi connectivity index (χ1v) is 6.44. The smallest absolute Gasteiger partial charge is 0.142 e. The summed E-state index contributed by atoms with van der Waals surface area (Å²) in [6.45, 7) is 0.684. The minimum Gasteiger partial charge on any atom is -0.366 e. The highest BCUT2D eigenvalue weighted by atomic mass is 15.0. The maximum atomic E-state index is 8.85. The van der Waals surface area contributed by atoms with Crippen molar-refractivity contribution in [3.63, 3.8) is 0 Å². The van der Waals surface area contributed by atoms with Gasteiger partial charge in [0.15, 0.2) is 0 Å². The van der Waals surface area contributed by atoms with Gasteiger partial charge < -0.3 is 5.32 Å². The van der Waals surface area contributed by atoms with Crippen molar-refractivity contribution in [3.05, 3.63) is 71.9 Å². The van der Waals surface area contributed by atoms with Crippen molar-refractivity contribution in [1.29, 1.82) is 5.26 Å². The van der Waals surface area contributed by atoms with E-state index in [1.54, 1.807) is 6.07 Å². The van der Waals surface area contributed by atoms with Gasteiger partial charge >= 0.3 is 0 Å². The Balaban J connectivity index is 1.85. The monoisotopic (exact) mass is 259 g/mol. The molecule has 3 nitrogen and oxygen atoms in total. The van der Waals surface area contributed by atoms with Crippen LogP contribution in [0.3, 0.4) is 0 Å². The topological polar surface area (TPSA) is 48.7 Å². The molecule has 0 aliphatic carbocycles. The third-order valence-corrected chi connectivity index (χ3v) is 3.20. The van der Waals surface area contributed by atoms with E-state index in [4.69, 9.17) is 5.26 Å². The highest BCUT2D eigenvalue weighted by molar-refractivity contribution is 5.85. The summed E-state index contributed by atoms with van der Waals surface area (Å²) in [5, 5.41) is 14.6. The van der Waals surface area contributed by atoms with E-state index in [2.05, 4.69) is 40.6 Å². The van der Waals surface area contributed by atoms with E-state index in [0.29, 0.717) is 12.2 Å². The van der Waals surface area contributed by atoms with Crippen LogP contribution >= 0.6 is 0 Å². The van der Waals surface area contributed by atoms with E-state index in [1.807, 2.05) is 30.3 Å². The number of nitriles is 1. The van der Waals surface area contributed by atoms with Gasteiger partial charge in [0.25, 0.3) is 0 Å². The fraction of sp³-hybridized carbons (Fsp3) is 0.0588. The van der Waals surface area contributed by atoms with Crippen LogP contribution in [0.4, 0.5) is 5.82 Å². The molecule has 20 heavy (non-hydrogen) atoms. The van der Waals surface area contributed by atoms with Crippen LogP contribution in [0, 0.1) is 11.3 Å². The molecule has 96 valence electrons. The first kappa shape index (κ1) is 12.2. The molecule has 0 amide bonds. The van der Waals surface area contributed by atoms with Crippen molar-refractivity contribution in [2.75, 3.05) is 5.32 Å². The molecule has 1 heterocycles. The van der Waals surface area contributed by atoms with Gasteiger partial charge in [-0.3, -0.25) is 0 Å². The molecule has 0 fully saturated rings. The van der Waals surface area contributed by atoms with E-state index in [0.717, 1.165) is 5.82 Å². The van der Waals surface area contributed by atoms with Crippen LogP contribution in [0.2, 0.25) is 0 Å². The Morgan fingerprint density at radius 3 is 2.65 bits per heavy atom. The third kappa shape index (κ3) is 2.45. The average molecular weight is 259 g/mol. The number of pyridine rings is 1. The zero-order valence-corrected chi connectivity index (χ0v) is 10.9. The maximum Gasteiger partial charge on any atom is 0.142 e. The number of aromatic nitrogens is 1. The number of rotatable bonds is 3. The largest absolute Gasteiger partial charge is 0.366 e. The standard InChI is InChI=1S/C17H13N3/c18-11-15-8-4-10-17(20-15)19-12-14-7-3-6-13-5-1-2-9-16(13)14/h1-10H,12H2,(H,19,20). The molecule has 3 aromatic rings. The minimum atomic E-state index is 0.424. The van der Waals surface area contributed by atoms with Gasteiger partial charge in [0.05, 0.1) is 0 Å². The molecular formula is C17H13N3. The lowest BCUT2D eigenvalue weighted by Gasteiger charge is -2.08. The predicted molar refractivity (Wildman–Crippen MR) is 80.2 cm³/mol. The molecular weight excluding hydrogens is 246 g/mol. The maximum absolute atomic E-state index is 8.85. The molecule has 3 rings (SSSR count). The molecule has 1 aromatic heterocycles. The number of hydrogen-bond donors (Lipinski definition) is 1. The Labute approximate surface area is 117 Å². The molecule has 0 saturated heterocycles. The molecule has 2 aromatic carbocycles. The Morgan fingerprint density at radius 1 is 0.950 bits per heavy atom. The summed E-state index contributed by atoms with van der Waals surface area (Å²) < 4.78 is 0. The molecule has 0 aliphatic heterocycles. The minimum absolute atomic E-state index is 0.424. The molecule has 0 unspecified atom stereocenters. The molecule has 0 aliphatic rings. The van der Waals surface area contributed by atoms with Crippen LogP contribution in [0.5, 0.6) is 0 Å². The van der Waals surface area contributed by atoms with E-state index in [1.165, 1.54) is 16.3 Å². The highest BCUT2D eigenvalue weighted by Gasteiger charge is 2.01. The van der Waals surface area contributed by atoms with Gasteiger partial charge in [-0.05, 0) is 28.5 Å². The van der Waals surface area contributed by atoms with Crippen molar-refractivity contribution < 1.29 is 0 Å². The van der Waals surface area contributed by atoms with Crippen LogP contribution in [0.25, 0.3) is 10.8 Å². The van der Waals surface area contributed by atoms with Crippen molar-refractivity contribution in [1.82, 2.24) is 4.98 Å². The van der Waals surface area contributed by atoms with Crippen LogP contribution in [0.1, 0.15) is 11.3 Å². The predicted octanol–water partition coefficient (Wildman–Crippen LogP) is 3.72. The molecule has 0 atom stereocenters. The van der Waals surface area contributed by atoms with Crippen molar-refractivity contribution in [2.24, 2.45) is 0 Å². The summed E-state index contributed by atoms with van der Waals surface area (Å²) >= 11 is 0. The summed E-state index contributed by atoms with van der Waals surface area (Å²) in [7, 11) is 0. The Bertz CT molecular complexity index is 782. The van der Waals surface area contributed by atoms with E-state index >= 15 is 0 Å². The van der Waals surface area contributed by atoms with Gasteiger partial charge in [0.2, 0.25) is 0 Å². The summed E-state index contributed by atoms with van der Waals surface area (Å²) in [4.78, 5) is 4.21. The Hall–Kier alpha value is -2.86. The van der Waals surface area contributed by atoms with E-state index < -0.39 is 0 Å². The normalized spacial score (nSPS) is 10.2. The van der Waals surface area contributed by atoms with Gasteiger partial charge in [0.1, 0.15) is 17.6 Å². The second kappa shape index (κ2) is 5.41. The number of benzene rings is 2. The lowest BCUT2D eigenvalue weighted by atomic mass is 10.0. The van der Waals surface area contributed by atoms with E-state index in [-0.39, 0.29) is 0 Å². The lowest BCUT2D eigenvalue weighted by molar-refractivity contribution is 1.11. The summed E-state index contributed by atoms with van der Waals surface area (Å²) in [5.74, 6) is 0.719. The summed E-state index contributed by atoms with van der Waals surface area (Å²) in [6.07, 6.45) is 0. The molecule has 0 bridgehead atoms. The van der Waals surface area contributed by atoms with Crippen molar-refractivity contribution >= 4 is 16.6 Å². The lowest BCUT2D eigenvalue weighted by Crippen LogP contribution is -2.02. The zero-order chi connectivity index (χ0) is 13.8. The molecule has 0 spiro atoms. The fourth-order valence-electron chi connectivity index (χ4n) is 2.23. The van der Waals surface area contributed by atoms with Gasteiger partial charge in [-0.2, -0.15) is 5.26 Å². The molecule has 0 saturated carbocycles. The van der Waals surface area contributed by atoms with Gasteiger partial charge in [0, 0.05) is 6.54 Å². The number of hydrogen-bond acceptors (Lipinski definition) is 3. The molecule has 1 N–H and O–H groups in total. The highest BCUT2D eigenvalue weighted by Crippen LogP contribution is 2.19. The van der Waals surface area contributed by atoms with Gasteiger partial charge in [-0.25, -0.2) is 4.98 Å². The Kier molecular flexibility index (Phi) is 3.30. The Morgan fingerprint density at radius 2 is 1.75 bits per heavy atom. The quantitative estimate of drug-likeness (QED) is 0.779. The third-order valence-electron chi connectivity index (χ3n) is 3.20. The second-order valence-electron chi connectivity index (χ2n) is 4.51. The van der Waals surface area contributed by atoms with Crippen LogP contribution < -0.4 is 5.32 Å². The number of nitrogens with zero attached hydrogens (tertiary/aromatic N) is 2. The number of nitrogens with one attached hydrogen (secondary N) is 1. The van der Waals surface area contributed by atoms with Crippen LogP contribution in [-0.2, 0) is 6.54 Å². The average Bonchev–Trinajstić information content (AvgIpc) is 2.53. The van der Waals surface area contributed by atoms with Crippen molar-refractivity contribution in [2.45, 2.75) is 6.54 Å². The SMILES string of the molecule is N#Cc1cccc(NCc2cccc3ccccc23)n1. The van der Waals surface area contributed by atoms with Gasteiger partial charge in [-0.1, -0.05) is 48.5 Å². The summed E-state index contributed by atoms with van der Waals surface area (Å²) in [5.41, 5.74) is 1.64. The first-order valence-electron chi connectivity index (χ1n) is 6.44. The zero-order valence-electron chi connectivity index (χ0n) is 10.9. The van der Waals surface area contributed by atoms with Crippen molar-refractivity contribution in [3.8, 4) is 6.07 Å². The van der Waals surface area contributed by atoms with Crippen LogP contribution in [-0.4, -0.2) is 4.98 Å². The second-order valence-corrected chi connectivity index (χ2v) is 4.51. The van der Waals surface area contributed by atoms with Gasteiger partial charge in [-0.15, -0.1) is 0 Å². The number of anilines is 1. The fourth-order valence-corrected chi connectivity index (χ4v) is 2.23. The molecule has 3 heteroatoms. The number of fused-ring (bicyclic) bond motifs is 1. The summed E-state index contributed by atoms with van der Waals surface area (Å²) in [6, 6.07) is 22.0. The van der Waals surface area contributed by atoms with E-state index in [9.17, 15) is 0 Å².